The highest BCUT2D eigenvalue weighted by Crippen LogP contribution is 2.35. The van der Waals surface area contributed by atoms with Gasteiger partial charge >= 0.3 is 11.7 Å². The van der Waals surface area contributed by atoms with Gasteiger partial charge in [0.1, 0.15) is 11.6 Å². The fraction of sp³-hybridized carbons (Fsp3) is 0.0714. The summed E-state index contributed by atoms with van der Waals surface area (Å²) in [5, 5.41) is 10.9. The maximum Gasteiger partial charge on any atom is 0.346 e. The van der Waals surface area contributed by atoms with Crippen molar-refractivity contribution < 1.29 is 28.0 Å². The highest BCUT2D eigenvalue weighted by Gasteiger charge is 2.25. The Kier molecular flexibility index (Phi) is 4.31. The van der Waals surface area contributed by atoms with Crippen LogP contribution in [0.4, 0.5) is 14.5 Å². The average Bonchev–Trinajstić information content (AvgIpc) is 2.47. The van der Waals surface area contributed by atoms with Crippen molar-refractivity contribution >= 4 is 11.7 Å². The molecule has 114 valence electrons. The molecule has 8 heteroatoms. The van der Waals surface area contributed by atoms with Crippen molar-refractivity contribution in [2.24, 2.45) is 0 Å². The molecule has 2 aromatic carbocycles. The fourth-order valence-corrected chi connectivity index (χ4v) is 1.69. The van der Waals surface area contributed by atoms with Crippen LogP contribution in [0.1, 0.15) is 10.4 Å². The number of nitro benzene ring substituents is 1. The molecule has 0 heterocycles. The molecule has 0 saturated heterocycles. The fourth-order valence-electron chi connectivity index (χ4n) is 1.69. The monoisotopic (exact) mass is 309 g/mol. The molecular formula is C14H9F2NO5. The van der Waals surface area contributed by atoms with Gasteiger partial charge in [-0.25, -0.2) is 9.18 Å². The molecule has 0 aliphatic carbocycles. The van der Waals surface area contributed by atoms with Crippen molar-refractivity contribution in [2.45, 2.75) is 0 Å². The molecule has 0 aliphatic rings. The number of hydrogen-bond donors (Lipinski definition) is 0. The second-order valence-electron chi connectivity index (χ2n) is 4.11. The van der Waals surface area contributed by atoms with Gasteiger partial charge in [-0.2, -0.15) is 4.39 Å². The van der Waals surface area contributed by atoms with Crippen LogP contribution in [0, 0.1) is 21.7 Å². The maximum atomic E-state index is 13.8. The molecule has 0 aromatic heterocycles. The third kappa shape index (κ3) is 3.17. The molecule has 0 radical (unpaired) electrons. The van der Waals surface area contributed by atoms with Gasteiger partial charge in [-0.15, -0.1) is 0 Å². The van der Waals surface area contributed by atoms with E-state index in [-0.39, 0.29) is 11.3 Å². The molecule has 0 atom stereocenters. The Labute approximate surface area is 123 Å². The SMILES string of the molecule is COC(=O)c1cc(F)c([N+](=O)[O-])c(Oc2ccc(F)cc2)c1. The first kappa shape index (κ1) is 15.4. The van der Waals surface area contributed by atoms with Gasteiger partial charge < -0.3 is 9.47 Å². The standard InChI is InChI=1S/C14H9F2NO5/c1-21-14(18)8-6-11(16)13(17(19)20)12(7-8)22-10-4-2-9(15)3-5-10/h2-7H,1H3. The number of halogens is 2. The van der Waals surface area contributed by atoms with Gasteiger partial charge in [0.2, 0.25) is 11.6 Å². The van der Waals surface area contributed by atoms with Crippen molar-refractivity contribution in [3.63, 3.8) is 0 Å². The lowest BCUT2D eigenvalue weighted by molar-refractivity contribution is -0.388. The molecule has 0 N–H and O–H groups in total. The first-order valence-electron chi connectivity index (χ1n) is 5.92. The Morgan fingerprint density at radius 1 is 1.18 bits per heavy atom. The Bertz CT molecular complexity index is 731. The number of rotatable bonds is 4. The van der Waals surface area contributed by atoms with E-state index >= 15 is 0 Å². The number of carbonyl (C=O) groups is 1. The molecule has 0 aliphatic heterocycles. The van der Waals surface area contributed by atoms with Gasteiger partial charge in [0.25, 0.3) is 0 Å². The summed E-state index contributed by atoms with van der Waals surface area (Å²) in [5.74, 6) is -3.10. The largest absolute Gasteiger partial charge is 0.465 e. The van der Waals surface area contributed by atoms with Crippen LogP contribution in [0.5, 0.6) is 11.5 Å². The minimum atomic E-state index is -1.25. The zero-order valence-electron chi connectivity index (χ0n) is 11.2. The van der Waals surface area contributed by atoms with Crippen LogP contribution in [0.3, 0.4) is 0 Å². The summed E-state index contributed by atoms with van der Waals surface area (Å²) in [6.07, 6.45) is 0. The minimum Gasteiger partial charge on any atom is -0.465 e. The maximum absolute atomic E-state index is 13.8. The van der Waals surface area contributed by atoms with Gasteiger partial charge in [-0.1, -0.05) is 0 Å². The molecule has 2 aromatic rings. The zero-order chi connectivity index (χ0) is 16.3. The highest BCUT2D eigenvalue weighted by molar-refractivity contribution is 5.90. The van der Waals surface area contributed by atoms with Crippen LogP contribution in [0.25, 0.3) is 0 Å². The van der Waals surface area contributed by atoms with Crippen molar-refractivity contribution in [2.75, 3.05) is 7.11 Å². The molecule has 0 fully saturated rings. The summed E-state index contributed by atoms with van der Waals surface area (Å²) in [6, 6.07) is 6.23. The summed E-state index contributed by atoms with van der Waals surface area (Å²) in [4.78, 5) is 21.4. The van der Waals surface area contributed by atoms with Crippen LogP contribution in [-0.4, -0.2) is 18.0 Å². The van der Waals surface area contributed by atoms with Crippen LogP contribution < -0.4 is 4.74 Å². The quantitative estimate of drug-likeness (QED) is 0.491. The number of ether oxygens (including phenoxy) is 2. The van der Waals surface area contributed by atoms with Gasteiger partial charge in [-0.3, -0.25) is 10.1 Å². The molecular weight excluding hydrogens is 300 g/mol. The lowest BCUT2D eigenvalue weighted by atomic mass is 10.1. The van der Waals surface area contributed by atoms with E-state index in [0.29, 0.717) is 6.07 Å². The molecule has 0 amide bonds. The van der Waals surface area contributed by atoms with Crippen molar-refractivity contribution in [1.82, 2.24) is 0 Å². The zero-order valence-corrected chi connectivity index (χ0v) is 11.2. The van der Waals surface area contributed by atoms with Crippen LogP contribution in [0.2, 0.25) is 0 Å². The van der Waals surface area contributed by atoms with Gasteiger partial charge in [0, 0.05) is 6.07 Å². The third-order valence-electron chi connectivity index (χ3n) is 2.67. The number of hydrogen-bond acceptors (Lipinski definition) is 5. The van der Waals surface area contributed by atoms with E-state index < -0.39 is 34.0 Å². The summed E-state index contributed by atoms with van der Waals surface area (Å²) in [5.41, 5.74) is -1.18. The first-order valence-corrected chi connectivity index (χ1v) is 5.92. The van der Waals surface area contributed by atoms with E-state index in [9.17, 15) is 23.7 Å². The Hall–Kier alpha value is -3.03. The van der Waals surface area contributed by atoms with Gasteiger partial charge in [0.05, 0.1) is 17.6 Å². The Morgan fingerprint density at radius 2 is 1.82 bits per heavy atom. The van der Waals surface area contributed by atoms with Gasteiger partial charge in [-0.05, 0) is 30.3 Å². The molecule has 0 bridgehead atoms. The number of nitro groups is 1. The summed E-state index contributed by atoms with van der Waals surface area (Å²) in [6.45, 7) is 0. The Morgan fingerprint density at radius 3 is 2.36 bits per heavy atom. The molecule has 2 rings (SSSR count). The number of esters is 1. The van der Waals surface area contributed by atoms with Crippen LogP contribution >= 0.6 is 0 Å². The van der Waals surface area contributed by atoms with E-state index in [1.165, 1.54) is 12.1 Å². The molecule has 22 heavy (non-hydrogen) atoms. The van der Waals surface area contributed by atoms with Crippen LogP contribution in [-0.2, 0) is 4.74 Å². The Balaban J connectivity index is 2.50. The third-order valence-corrected chi connectivity index (χ3v) is 2.67. The van der Waals surface area contributed by atoms with E-state index in [1.54, 1.807) is 0 Å². The molecule has 6 nitrogen and oxygen atoms in total. The number of nitrogens with zero attached hydrogens (tertiary/aromatic N) is 1. The molecule has 0 unspecified atom stereocenters. The smallest absolute Gasteiger partial charge is 0.346 e. The van der Waals surface area contributed by atoms with E-state index in [0.717, 1.165) is 25.3 Å². The number of methoxy groups -OCH3 is 1. The number of benzene rings is 2. The normalized spacial score (nSPS) is 10.1. The van der Waals surface area contributed by atoms with Crippen molar-refractivity contribution in [3.05, 3.63) is 63.7 Å². The summed E-state index contributed by atoms with van der Waals surface area (Å²) >= 11 is 0. The molecule has 0 saturated carbocycles. The minimum absolute atomic E-state index is 0.0471. The topological polar surface area (TPSA) is 78.7 Å². The predicted octanol–water partition coefficient (Wildman–Crippen LogP) is 3.45. The predicted molar refractivity (Wildman–Crippen MR) is 70.9 cm³/mol. The van der Waals surface area contributed by atoms with E-state index in [2.05, 4.69) is 4.74 Å². The summed E-state index contributed by atoms with van der Waals surface area (Å²) in [7, 11) is 1.09. The number of carbonyl (C=O) groups excluding carboxylic acids is 1. The van der Waals surface area contributed by atoms with Crippen molar-refractivity contribution in [1.29, 1.82) is 0 Å². The van der Waals surface area contributed by atoms with Gasteiger partial charge in [0.15, 0.2) is 0 Å². The lowest BCUT2D eigenvalue weighted by Gasteiger charge is -2.08. The van der Waals surface area contributed by atoms with E-state index in [1.807, 2.05) is 0 Å². The summed E-state index contributed by atoms with van der Waals surface area (Å²) < 4.78 is 36.3. The average molecular weight is 309 g/mol. The molecule has 0 spiro atoms. The van der Waals surface area contributed by atoms with E-state index in [4.69, 9.17) is 4.74 Å². The van der Waals surface area contributed by atoms with Crippen LogP contribution in [0.15, 0.2) is 36.4 Å². The second-order valence-corrected chi connectivity index (χ2v) is 4.11. The first-order chi connectivity index (χ1) is 10.4. The van der Waals surface area contributed by atoms with Crippen molar-refractivity contribution in [3.8, 4) is 11.5 Å². The highest BCUT2D eigenvalue weighted by atomic mass is 19.1. The lowest BCUT2D eigenvalue weighted by Crippen LogP contribution is -2.05. The second kappa shape index (κ2) is 6.17.